The van der Waals surface area contributed by atoms with Gasteiger partial charge in [-0.05, 0) is 50.1 Å². The Morgan fingerprint density at radius 1 is 1.03 bits per heavy atom. The minimum atomic E-state index is -0.361. The Balaban J connectivity index is 1.66. The molecule has 0 saturated heterocycles. The molecule has 0 bridgehead atoms. The molecular weight excluding hydrogens is 378 g/mol. The molecule has 0 fully saturated rings. The highest BCUT2D eigenvalue weighted by atomic mass is 16.5. The smallest absolute Gasteiger partial charge is 0.291 e. The molecule has 7 nitrogen and oxygen atoms in total. The summed E-state index contributed by atoms with van der Waals surface area (Å²) in [5.41, 5.74) is 3.60. The topological polar surface area (TPSA) is 81.4 Å². The minimum absolute atomic E-state index is 0.0862. The Morgan fingerprint density at radius 2 is 1.73 bits per heavy atom. The van der Waals surface area contributed by atoms with Crippen molar-refractivity contribution in [2.45, 2.75) is 26.8 Å². The molecule has 1 N–H and O–H groups in total. The maximum absolute atomic E-state index is 13.0. The number of ether oxygens (including phenoxy) is 1. The van der Waals surface area contributed by atoms with Gasteiger partial charge in [0.2, 0.25) is 5.82 Å². The van der Waals surface area contributed by atoms with Gasteiger partial charge in [-0.2, -0.15) is 4.98 Å². The number of aromatic nitrogens is 4. The lowest BCUT2D eigenvalue weighted by molar-refractivity contribution is 0.0932. The summed E-state index contributed by atoms with van der Waals surface area (Å²) in [5, 5.41) is 7.41. The number of nitrogens with one attached hydrogen (secondary N) is 1. The summed E-state index contributed by atoms with van der Waals surface area (Å²) in [7, 11) is 0. The highest BCUT2D eigenvalue weighted by molar-refractivity contribution is 5.91. The molecule has 7 heteroatoms. The lowest BCUT2D eigenvalue weighted by Gasteiger charge is -2.19. The van der Waals surface area contributed by atoms with Crippen molar-refractivity contribution >= 4 is 11.7 Å². The van der Waals surface area contributed by atoms with Crippen LogP contribution in [-0.4, -0.2) is 32.1 Å². The predicted octanol–water partition coefficient (Wildman–Crippen LogP) is 3.66. The first-order chi connectivity index (χ1) is 14.5. The number of nitrogens with zero attached hydrogens (tertiary/aromatic N) is 4. The van der Waals surface area contributed by atoms with Gasteiger partial charge in [0.05, 0.1) is 12.6 Å². The van der Waals surface area contributed by atoms with Crippen LogP contribution in [-0.2, 0) is 0 Å². The van der Waals surface area contributed by atoms with E-state index in [9.17, 15) is 4.79 Å². The van der Waals surface area contributed by atoms with Crippen LogP contribution in [0.5, 0.6) is 5.75 Å². The fraction of sp³-hybridized carbons (Fsp3) is 0.217. The molecule has 2 aromatic carbocycles. The molecule has 0 spiro atoms. The van der Waals surface area contributed by atoms with E-state index >= 15 is 0 Å². The third kappa shape index (κ3) is 4.00. The van der Waals surface area contributed by atoms with Crippen molar-refractivity contribution < 1.29 is 9.53 Å². The van der Waals surface area contributed by atoms with E-state index in [1.54, 1.807) is 4.52 Å². The lowest BCUT2D eigenvalue weighted by Crippen LogP contribution is -2.30. The van der Waals surface area contributed by atoms with Crippen molar-refractivity contribution in [2.75, 3.05) is 6.61 Å². The van der Waals surface area contributed by atoms with Gasteiger partial charge in [0, 0.05) is 11.4 Å². The molecule has 2 aromatic heterocycles. The van der Waals surface area contributed by atoms with Crippen LogP contribution in [0.4, 0.5) is 0 Å². The van der Waals surface area contributed by atoms with Crippen LogP contribution in [0.25, 0.3) is 5.78 Å². The van der Waals surface area contributed by atoms with Gasteiger partial charge >= 0.3 is 0 Å². The quantitative estimate of drug-likeness (QED) is 0.533. The summed E-state index contributed by atoms with van der Waals surface area (Å²) < 4.78 is 7.11. The van der Waals surface area contributed by atoms with Gasteiger partial charge in [-0.25, -0.2) is 9.50 Å². The van der Waals surface area contributed by atoms with Gasteiger partial charge in [-0.15, -0.1) is 5.10 Å². The van der Waals surface area contributed by atoms with Crippen molar-refractivity contribution in [3.05, 3.63) is 89.0 Å². The molecule has 2 heterocycles. The first kappa shape index (κ1) is 19.6. The van der Waals surface area contributed by atoms with Gasteiger partial charge in [0.1, 0.15) is 5.75 Å². The maximum atomic E-state index is 13.0. The number of aryl methyl sites for hydroxylation is 2. The molecule has 152 valence electrons. The Morgan fingerprint density at radius 3 is 2.43 bits per heavy atom. The SMILES string of the molecule is CCOc1ccc(C(NC(=O)c2nc3nc(C)cc(C)n3n2)c2ccccc2)cc1. The number of hydrogen-bond donors (Lipinski definition) is 1. The standard InChI is InChI=1S/C23H23N5O2/c1-4-30-19-12-10-18(11-13-19)20(17-8-6-5-7-9-17)25-22(29)21-26-23-24-15(2)14-16(3)28(23)27-21/h5-14,20H,4H2,1-3H3,(H,25,29). The molecule has 0 saturated carbocycles. The average molecular weight is 401 g/mol. The van der Waals surface area contributed by atoms with E-state index in [1.165, 1.54) is 0 Å². The van der Waals surface area contributed by atoms with Crippen molar-refractivity contribution in [1.82, 2.24) is 24.9 Å². The van der Waals surface area contributed by atoms with Crippen molar-refractivity contribution in [3.63, 3.8) is 0 Å². The predicted molar refractivity (Wildman–Crippen MR) is 114 cm³/mol. The molecule has 0 aliphatic heterocycles. The highest BCUT2D eigenvalue weighted by Gasteiger charge is 2.21. The number of amides is 1. The molecule has 1 atom stereocenters. The van der Waals surface area contributed by atoms with E-state index in [2.05, 4.69) is 20.4 Å². The highest BCUT2D eigenvalue weighted by Crippen LogP contribution is 2.24. The zero-order valence-corrected chi connectivity index (χ0v) is 17.2. The normalized spacial score (nSPS) is 12.0. The molecule has 0 aliphatic rings. The molecule has 1 amide bonds. The number of hydrogen-bond acceptors (Lipinski definition) is 5. The molecule has 30 heavy (non-hydrogen) atoms. The Labute approximate surface area is 174 Å². The third-order valence-corrected chi connectivity index (χ3v) is 4.75. The Hall–Kier alpha value is -3.74. The summed E-state index contributed by atoms with van der Waals surface area (Å²) in [5.74, 6) is 0.927. The van der Waals surface area contributed by atoms with E-state index in [0.717, 1.165) is 28.3 Å². The number of carbonyl (C=O) groups is 1. The summed E-state index contributed by atoms with van der Waals surface area (Å²) in [6.07, 6.45) is 0. The van der Waals surface area contributed by atoms with Gasteiger partial charge in [0.15, 0.2) is 0 Å². The van der Waals surface area contributed by atoms with Crippen LogP contribution in [0.2, 0.25) is 0 Å². The van der Waals surface area contributed by atoms with E-state index in [1.807, 2.05) is 81.4 Å². The first-order valence-corrected chi connectivity index (χ1v) is 9.84. The Bertz CT molecular complexity index is 1170. The minimum Gasteiger partial charge on any atom is -0.494 e. The molecule has 4 rings (SSSR count). The first-order valence-electron chi connectivity index (χ1n) is 9.84. The van der Waals surface area contributed by atoms with Crippen LogP contribution in [0, 0.1) is 13.8 Å². The molecule has 0 radical (unpaired) electrons. The fourth-order valence-corrected chi connectivity index (χ4v) is 3.39. The lowest BCUT2D eigenvalue weighted by atomic mass is 9.98. The van der Waals surface area contributed by atoms with Crippen LogP contribution in [0.3, 0.4) is 0 Å². The van der Waals surface area contributed by atoms with Crippen LogP contribution >= 0.6 is 0 Å². The van der Waals surface area contributed by atoms with Gasteiger partial charge in [-0.3, -0.25) is 4.79 Å². The summed E-state index contributed by atoms with van der Waals surface area (Å²) >= 11 is 0. The van der Waals surface area contributed by atoms with Crippen molar-refractivity contribution in [2.24, 2.45) is 0 Å². The zero-order chi connectivity index (χ0) is 21.1. The monoisotopic (exact) mass is 401 g/mol. The van der Waals surface area contributed by atoms with Gasteiger partial charge in [-0.1, -0.05) is 42.5 Å². The molecule has 4 aromatic rings. The zero-order valence-electron chi connectivity index (χ0n) is 17.2. The maximum Gasteiger partial charge on any atom is 0.291 e. The van der Waals surface area contributed by atoms with E-state index in [-0.39, 0.29) is 17.8 Å². The summed E-state index contributed by atoms with van der Waals surface area (Å²) in [6, 6.07) is 19.1. The second-order valence-electron chi connectivity index (χ2n) is 7.01. The summed E-state index contributed by atoms with van der Waals surface area (Å²) in [4.78, 5) is 21.7. The second kappa shape index (κ2) is 8.32. The van der Waals surface area contributed by atoms with Gasteiger partial charge < -0.3 is 10.1 Å². The largest absolute Gasteiger partial charge is 0.494 e. The van der Waals surface area contributed by atoms with Crippen LogP contribution in [0.1, 0.15) is 46.1 Å². The molecular formula is C23H23N5O2. The van der Waals surface area contributed by atoms with E-state index in [4.69, 9.17) is 4.74 Å². The number of benzene rings is 2. The van der Waals surface area contributed by atoms with Crippen LogP contribution in [0.15, 0.2) is 60.7 Å². The fourth-order valence-electron chi connectivity index (χ4n) is 3.39. The van der Waals surface area contributed by atoms with Crippen molar-refractivity contribution in [1.29, 1.82) is 0 Å². The van der Waals surface area contributed by atoms with E-state index < -0.39 is 0 Å². The number of fused-ring (bicyclic) bond motifs is 1. The second-order valence-corrected chi connectivity index (χ2v) is 7.01. The molecule has 1 unspecified atom stereocenters. The van der Waals surface area contributed by atoms with E-state index in [0.29, 0.717) is 12.4 Å². The number of rotatable bonds is 6. The van der Waals surface area contributed by atoms with Crippen molar-refractivity contribution in [3.8, 4) is 5.75 Å². The molecule has 0 aliphatic carbocycles. The third-order valence-electron chi connectivity index (χ3n) is 4.75. The van der Waals surface area contributed by atoms with Crippen LogP contribution < -0.4 is 10.1 Å². The van der Waals surface area contributed by atoms with Gasteiger partial charge in [0.25, 0.3) is 11.7 Å². The average Bonchev–Trinajstić information content (AvgIpc) is 3.18. The summed E-state index contributed by atoms with van der Waals surface area (Å²) in [6.45, 7) is 6.34. The number of carbonyl (C=O) groups excluding carboxylic acids is 1. The Kier molecular flexibility index (Phi) is 5.43.